The molecule has 2 atom stereocenters. The molecule has 0 spiro atoms. The second-order valence-corrected chi connectivity index (χ2v) is 5.09. The molecule has 0 saturated carbocycles. The predicted octanol–water partition coefficient (Wildman–Crippen LogP) is 3.28. The molecule has 0 aromatic heterocycles. The van der Waals surface area contributed by atoms with Gasteiger partial charge in [0.1, 0.15) is 0 Å². The normalized spacial score (nSPS) is 15.4. The average Bonchev–Trinajstić information content (AvgIpc) is 2.30. The van der Waals surface area contributed by atoms with Gasteiger partial charge in [0, 0.05) is 12.1 Å². The van der Waals surface area contributed by atoms with E-state index in [-0.39, 0.29) is 0 Å². The average molecular weight is 228 g/mol. The lowest BCUT2D eigenvalue weighted by Crippen LogP contribution is -2.30. The van der Waals surface area contributed by atoms with E-state index in [1.807, 2.05) is 0 Å². The standard InChI is InChI=1S/C14H32N2/c1-6-11-15-13(3)10-8-9-12-16(5)14(4)7-2/h13-15H,6-12H2,1-5H3. The summed E-state index contributed by atoms with van der Waals surface area (Å²) in [5, 5.41) is 3.54. The quantitative estimate of drug-likeness (QED) is 0.577. The van der Waals surface area contributed by atoms with Gasteiger partial charge in [0.05, 0.1) is 0 Å². The third-order valence-corrected chi connectivity index (χ3v) is 3.48. The SMILES string of the molecule is CCCNC(C)CCCCN(C)C(C)CC. The first kappa shape index (κ1) is 15.9. The van der Waals surface area contributed by atoms with Crippen molar-refractivity contribution in [2.24, 2.45) is 0 Å². The Balaban J connectivity index is 3.38. The Morgan fingerprint density at radius 1 is 1.12 bits per heavy atom. The van der Waals surface area contributed by atoms with E-state index < -0.39 is 0 Å². The van der Waals surface area contributed by atoms with Crippen molar-refractivity contribution in [3.63, 3.8) is 0 Å². The van der Waals surface area contributed by atoms with Gasteiger partial charge in [0.15, 0.2) is 0 Å². The van der Waals surface area contributed by atoms with Crippen LogP contribution in [0.1, 0.15) is 59.8 Å². The maximum Gasteiger partial charge on any atom is 0.00612 e. The zero-order valence-corrected chi connectivity index (χ0v) is 12.1. The number of hydrogen-bond acceptors (Lipinski definition) is 2. The van der Waals surface area contributed by atoms with Crippen molar-refractivity contribution in [3.05, 3.63) is 0 Å². The highest BCUT2D eigenvalue weighted by Crippen LogP contribution is 2.05. The molecule has 2 unspecified atom stereocenters. The summed E-state index contributed by atoms with van der Waals surface area (Å²) in [5.41, 5.74) is 0. The van der Waals surface area contributed by atoms with Crippen LogP contribution in [0.5, 0.6) is 0 Å². The van der Waals surface area contributed by atoms with Gasteiger partial charge in [0.2, 0.25) is 0 Å². The number of hydrogen-bond donors (Lipinski definition) is 1. The molecular weight excluding hydrogens is 196 g/mol. The first-order valence-corrected chi connectivity index (χ1v) is 7.05. The van der Waals surface area contributed by atoms with Gasteiger partial charge in [-0.25, -0.2) is 0 Å². The van der Waals surface area contributed by atoms with Crippen molar-refractivity contribution in [3.8, 4) is 0 Å². The van der Waals surface area contributed by atoms with Crippen LogP contribution < -0.4 is 5.32 Å². The molecule has 0 amide bonds. The van der Waals surface area contributed by atoms with Crippen LogP contribution in [0.25, 0.3) is 0 Å². The van der Waals surface area contributed by atoms with Gasteiger partial charge >= 0.3 is 0 Å². The van der Waals surface area contributed by atoms with Crippen LogP contribution in [-0.4, -0.2) is 37.1 Å². The Morgan fingerprint density at radius 2 is 1.81 bits per heavy atom. The minimum atomic E-state index is 0.689. The van der Waals surface area contributed by atoms with Gasteiger partial charge in [-0.3, -0.25) is 0 Å². The van der Waals surface area contributed by atoms with Crippen LogP contribution >= 0.6 is 0 Å². The van der Waals surface area contributed by atoms with Gasteiger partial charge in [-0.05, 0) is 59.7 Å². The first-order chi connectivity index (χ1) is 7.61. The summed E-state index contributed by atoms with van der Waals surface area (Å²) in [4.78, 5) is 2.48. The second kappa shape index (κ2) is 10.1. The molecule has 0 rings (SSSR count). The summed E-state index contributed by atoms with van der Waals surface area (Å²) < 4.78 is 0. The van der Waals surface area contributed by atoms with E-state index in [2.05, 4.69) is 45.0 Å². The fraction of sp³-hybridized carbons (Fsp3) is 1.00. The molecule has 0 fully saturated rings. The van der Waals surface area contributed by atoms with Crippen LogP contribution in [0.2, 0.25) is 0 Å². The number of unbranched alkanes of at least 4 members (excludes halogenated alkanes) is 1. The van der Waals surface area contributed by atoms with Crippen LogP contribution in [0, 0.1) is 0 Å². The molecule has 0 aliphatic rings. The molecule has 1 N–H and O–H groups in total. The van der Waals surface area contributed by atoms with Gasteiger partial charge in [-0.2, -0.15) is 0 Å². The van der Waals surface area contributed by atoms with Crippen molar-refractivity contribution in [2.45, 2.75) is 71.9 Å². The molecule has 0 aliphatic heterocycles. The highest BCUT2D eigenvalue weighted by Gasteiger charge is 2.06. The maximum atomic E-state index is 3.54. The molecule has 0 aromatic carbocycles. The Kier molecular flexibility index (Phi) is 10.0. The van der Waals surface area contributed by atoms with Crippen LogP contribution in [0.4, 0.5) is 0 Å². The summed E-state index contributed by atoms with van der Waals surface area (Å²) in [6, 6.07) is 1.42. The Labute approximate surface area is 103 Å². The molecule has 98 valence electrons. The van der Waals surface area contributed by atoms with E-state index in [1.54, 1.807) is 0 Å². The van der Waals surface area contributed by atoms with Crippen LogP contribution in [0.15, 0.2) is 0 Å². The molecule has 0 bridgehead atoms. The van der Waals surface area contributed by atoms with E-state index in [1.165, 1.54) is 38.6 Å². The minimum absolute atomic E-state index is 0.689. The molecule has 2 heteroatoms. The van der Waals surface area contributed by atoms with E-state index in [9.17, 15) is 0 Å². The van der Waals surface area contributed by atoms with E-state index in [0.29, 0.717) is 6.04 Å². The molecule has 2 nitrogen and oxygen atoms in total. The fourth-order valence-electron chi connectivity index (χ4n) is 1.84. The molecule has 0 saturated heterocycles. The number of rotatable bonds is 10. The second-order valence-electron chi connectivity index (χ2n) is 5.09. The Morgan fingerprint density at radius 3 is 2.38 bits per heavy atom. The van der Waals surface area contributed by atoms with Gasteiger partial charge in [-0.15, -0.1) is 0 Å². The van der Waals surface area contributed by atoms with Crippen molar-refractivity contribution >= 4 is 0 Å². The first-order valence-electron chi connectivity index (χ1n) is 7.05. The highest BCUT2D eigenvalue weighted by atomic mass is 15.1. The summed E-state index contributed by atoms with van der Waals surface area (Å²) in [6.45, 7) is 11.5. The van der Waals surface area contributed by atoms with E-state index >= 15 is 0 Å². The number of nitrogens with one attached hydrogen (secondary N) is 1. The summed E-state index contributed by atoms with van der Waals surface area (Å²) in [7, 11) is 2.24. The van der Waals surface area contributed by atoms with Crippen LogP contribution in [0.3, 0.4) is 0 Å². The lowest BCUT2D eigenvalue weighted by Gasteiger charge is -2.23. The van der Waals surface area contributed by atoms with Crippen molar-refractivity contribution in [1.29, 1.82) is 0 Å². The van der Waals surface area contributed by atoms with Gasteiger partial charge < -0.3 is 10.2 Å². The molecule has 0 radical (unpaired) electrons. The lowest BCUT2D eigenvalue weighted by atomic mass is 10.1. The van der Waals surface area contributed by atoms with Crippen LogP contribution in [-0.2, 0) is 0 Å². The van der Waals surface area contributed by atoms with Crippen molar-refractivity contribution in [1.82, 2.24) is 10.2 Å². The van der Waals surface area contributed by atoms with E-state index in [4.69, 9.17) is 0 Å². The monoisotopic (exact) mass is 228 g/mol. The molecule has 16 heavy (non-hydrogen) atoms. The summed E-state index contributed by atoms with van der Waals surface area (Å²) in [5.74, 6) is 0. The topological polar surface area (TPSA) is 15.3 Å². The van der Waals surface area contributed by atoms with Crippen molar-refractivity contribution in [2.75, 3.05) is 20.1 Å². The predicted molar refractivity (Wildman–Crippen MR) is 74.0 cm³/mol. The van der Waals surface area contributed by atoms with E-state index in [0.717, 1.165) is 12.6 Å². The zero-order valence-electron chi connectivity index (χ0n) is 12.1. The number of nitrogens with zero attached hydrogens (tertiary/aromatic N) is 1. The van der Waals surface area contributed by atoms with Crippen molar-refractivity contribution < 1.29 is 0 Å². The molecule has 0 aliphatic carbocycles. The lowest BCUT2D eigenvalue weighted by molar-refractivity contribution is 0.245. The molecule has 0 heterocycles. The highest BCUT2D eigenvalue weighted by molar-refractivity contribution is 4.63. The molecule has 0 aromatic rings. The fourth-order valence-corrected chi connectivity index (χ4v) is 1.84. The smallest absolute Gasteiger partial charge is 0.00612 e. The third kappa shape index (κ3) is 8.12. The van der Waals surface area contributed by atoms with Gasteiger partial charge in [0.25, 0.3) is 0 Å². The maximum absolute atomic E-state index is 3.54. The Bertz CT molecular complexity index is 148. The van der Waals surface area contributed by atoms with Gasteiger partial charge in [-0.1, -0.05) is 20.3 Å². The summed E-state index contributed by atoms with van der Waals surface area (Å²) in [6.07, 6.45) is 6.48. The minimum Gasteiger partial charge on any atom is -0.314 e. The Hall–Kier alpha value is -0.0800. The largest absolute Gasteiger partial charge is 0.314 e. The zero-order chi connectivity index (χ0) is 12.4. The summed E-state index contributed by atoms with van der Waals surface area (Å²) >= 11 is 0. The third-order valence-electron chi connectivity index (χ3n) is 3.48. The molecular formula is C14H32N2.